The van der Waals surface area contributed by atoms with Crippen LogP contribution in [-0.2, 0) is 9.59 Å². The highest BCUT2D eigenvalue weighted by Gasteiger charge is 2.49. The van der Waals surface area contributed by atoms with Gasteiger partial charge in [-0.2, -0.15) is 13.2 Å². The first-order chi connectivity index (χ1) is 7.89. The van der Waals surface area contributed by atoms with Crippen LogP contribution >= 0.6 is 0 Å². The number of carbonyl (C=O) groups excluding carboxylic acids is 2. The van der Waals surface area contributed by atoms with Crippen LogP contribution in [0.25, 0.3) is 0 Å². The van der Waals surface area contributed by atoms with Crippen molar-refractivity contribution in [2.24, 2.45) is 0 Å². The zero-order valence-corrected chi connectivity index (χ0v) is 9.29. The number of nitrogens with zero attached hydrogens (tertiary/aromatic N) is 1. The summed E-state index contributed by atoms with van der Waals surface area (Å²) in [5, 5.41) is 0. The van der Waals surface area contributed by atoms with Crippen LogP contribution in [0, 0.1) is 0 Å². The lowest BCUT2D eigenvalue weighted by Gasteiger charge is -2.34. The van der Waals surface area contributed by atoms with Crippen LogP contribution in [0.15, 0.2) is 0 Å². The van der Waals surface area contributed by atoms with Crippen LogP contribution in [0.3, 0.4) is 0 Å². The molecule has 1 amide bonds. The van der Waals surface area contributed by atoms with Gasteiger partial charge in [-0.15, -0.1) is 0 Å². The molecule has 0 heterocycles. The van der Waals surface area contributed by atoms with E-state index in [1.165, 1.54) is 0 Å². The van der Waals surface area contributed by atoms with Gasteiger partial charge in [0.05, 0.1) is 0 Å². The summed E-state index contributed by atoms with van der Waals surface area (Å²) in [4.78, 5) is 23.4. The van der Waals surface area contributed by atoms with E-state index in [1.54, 1.807) is 0 Å². The number of Topliss-reactive ketones (excluding diaryl/α,β-unsaturated/α-hetero) is 1. The zero-order valence-electron chi connectivity index (χ0n) is 9.29. The Kier molecular flexibility index (Phi) is 3.14. The Morgan fingerprint density at radius 2 is 1.53 bits per heavy atom. The largest absolute Gasteiger partial charge is 0.471 e. The highest BCUT2D eigenvalue weighted by molar-refractivity contribution is 5.83. The average molecular weight is 249 g/mol. The van der Waals surface area contributed by atoms with Crippen molar-refractivity contribution < 1.29 is 22.8 Å². The van der Waals surface area contributed by atoms with Crippen molar-refractivity contribution in [3.8, 4) is 0 Å². The number of hydrogen-bond acceptors (Lipinski definition) is 2. The first kappa shape index (κ1) is 12.4. The molecule has 2 saturated carbocycles. The second-order valence-corrected chi connectivity index (χ2v) is 4.71. The molecule has 96 valence electrons. The van der Waals surface area contributed by atoms with Crippen LogP contribution in [0.2, 0.25) is 0 Å². The van der Waals surface area contributed by atoms with Gasteiger partial charge in [-0.05, 0) is 25.7 Å². The summed E-state index contributed by atoms with van der Waals surface area (Å²) in [5.74, 6) is -1.66. The zero-order chi connectivity index (χ0) is 12.6. The molecule has 6 heteroatoms. The lowest BCUT2D eigenvalue weighted by atomic mass is 9.93. The third kappa shape index (κ3) is 2.79. The smallest absolute Gasteiger partial charge is 0.329 e. The average Bonchev–Trinajstić information content (AvgIpc) is 3.04. The third-order valence-electron chi connectivity index (χ3n) is 3.32. The summed E-state index contributed by atoms with van der Waals surface area (Å²) in [7, 11) is 0. The van der Waals surface area contributed by atoms with Gasteiger partial charge in [-0.1, -0.05) is 0 Å². The summed E-state index contributed by atoms with van der Waals surface area (Å²) in [6.45, 7) is 0. The number of alkyl halides is 3. The normalized spacial score (nSPS) is 22.6. The highest BCUT2D eigenvalue weighted by atomic mass is 19.4. The molecule has 0 bridgehead atoms. The monoisotopic (exact) mass is 249 g/mol. The molecule has 0 aromatic rings. The molecule has 2 aliphatic carbocycles. The number of hydrogen-bond donors (Lipinski definition) is 0. The van der Waals surface area contributed by atoms with Gasteiger partial charge >= 0.3 is 12.1 Å². The van der Waals surface area contributed by atoms with E-state index in [4.69, 9.17) is 0 Å². The van der Waals surface area contributed by atoms with Gasteiger partial charge in [0.15, 0.2) is 0 Å². The Hall–Kier alpha value is -1.07. The standard InChI is InChI=1S/C11H14F3NO2/c12-11(13,14)10(17)15(7-1-2-7)8-3-5-9(16)6-4-8/h7-8H,1-6H2. The van der Waals surface area contributed by atoms with Gasteiger partial charge in [0.1, 0.15) is 5.78 Å². The van der Waals surface area contributed by atoms with E-state index < -0.39 is 18.1 Å². The number of amides is 1. The van der Waals surface area contributed by atoms with E-state index in [0.29, 0.717) is 38.5 Å². The van der Waals surface area contributed by atoms with Gasteiger partial charge in [0, 0.05) is 24.9 Å². The minimum Gasteiger partial charge on any atom is -0.329 e. The van der Waals surface area contributed by atoms with Gasteiger partial charge in [-0.25, -0.2) is 0 Å². The first-order valence-electron chi connectivity index (χ1n) is 5.81. The van der Waals surface area contributed by atoms with E-state index in [9.17, 15) is 22.8 Å². The SMILES string of the molecule is O=C1CCC(N(C(=O)C(F)(F)F)C2CC2)CC1. The van der Waals surface area contributed by atoms with Gasteiger partial charge in [0.25, 0.3) is 0 Å². The fraction of sp³-hybridized carbons (Fsp3) is 0.818. The van der Waals surface area contributed by atoms with E-state index in [2.05, 4.69) is 0 Å². The summed E-state index contributed by atoms with van der Waals surface area (Å²) in [6.07, 6.45) is -2.19. The maximum Gasteiger partial charge on any atom is 0.471 e. The molecule has 0 aromatic heterocycles. The summed E-state index contributed by atoms with van der Waals surface area (Å²) in [5.41, 5.74) is 0. The van der Waals surface area contributed by atoms with Crippen LogP contribution in [0.4, 0.5) is 13.2 Å². The molecular formula is C11H14F3NO2. The van der Waals surface area contributed by atoms with Crippen LogP contribution in [-0.4, -0.2) is 34.9 Å². The predicted octanol–water partition coefficient (Wildman–Crippen LogP) is 2.05. The van der Waals surface area contributed by atoms with Crippen molar-refractivity contribution in [1.82, 2.24) is 4.90 Å². The van der Waals surface area contributed by atoms with Crippen molar-refractivity contribution in [2.45, 2.75) is 56.8 Å². The van der Waals surface area contributed by atoms with Crippen molar-refractivity contribution in [2.75, 3.05) is 0 Å². The molecule has 0 aliphatic heterocycles. The summed E-state index contributed by atoms with van der Waals surface area (Å²) < 4.78 is 37.4. The minimum atomic E-state index is -4.80. The molecule has 0 aromatic carbocycles. The van der Waals surface area contributed by atoms with Gasteiger partial charge in [0.2, 0.25) is 0 Å². The van der Waals surface area contributed by atoms with Crippen molar-refractivity contribution in [3.63, 3.8) is 0 Å². The quantitative estimate of drug-likeness (QED) is 0.751. The van der Waals surface area contributed by atoms with Crippen LogP contribution in [0.1, 0.15) is 38.5 Å². The summed E-state index contributed by atoms with van der Waals surface area (Å²) >= 11 is 0. The molecular weight excluding hydrogens is 235 g/mol. The molecule has 0 saturated heterocycles. The number of carbonyl (C=O) groups is 2. The predicted molar refractivity (Wildman–Crippen MR) is 53.2 cm³/mol. The maximum atomic E-state index is 12.5. The first-order valence-corrected chi connectivity index (χ1v) is 5.81. The van der Waals surface area contributed by atoms with E-state index in [1.807, 2.05) is 0 Å². The Morgan fingerprint density at radius 3 is 1.94 bits per heavy atom. The summed E-state index contributed by atoms with van der Waals surface area (Å²) in [6, 6.07) is -0.670. The number of halogens is 3. The second kappa shape index (κ2) is 4.31. The lowest BCUT2D eigenvalue weighted by molar-refractivity contribution is -0.189. The third-order valence-corrected chi connectivity index (χ3v) is 3.32. The van der Waals surface area contributed by atoms with Crippen molar-refractivity contribution in [3.05, 3.63) is 0 Å². The molecule has 0 spiro atoms. The molecule has 17 heavy (non-hydrogen) atoms. The minimum absolute atomic E-state index is 0.0801. The highest BCUT2D eigenvalue weighted by Crippen LogP contribution is 2.36. The molecule has 2 fully saturated rings. The van der Waals surface area contributed by atoms with Crippen molar-refractivity contribution >= 4 is 11.7 Å². The molecule has 2 rings (SSSR count). The molecule has 0 atom stereocenters. The number of rotatable bonds is 2. The molecule has 2 aliphatic rings. The Balaban J connectivity index is 2.07. The van der Waals surface area contributed by atoms with Crippen LogP contribution in [0.5, 0.6) is 0 Å². The topological polar surface area (TPSA) is 37.4 Å². The second-order valence-electron chi connectivity index (χ2n) is 4.71. The van der Waals surface area contributed by atoms with Crippen molar-refractivity contribution in [1.29, 1.82) is 0 Å². The Morgan fingerprint density at radius 1 is 1.06 bits per heavy atom. The maximum absolute atomic E-state index is 12.5. The number of ketones is 1. The van der Waals surface area contributed by atoms with E-state index in [0.717, 1.165) is 4.90 Å². The molecule has 0 unspecified atom stereocenters. The van der Waals surface area contributed by atoms with E-state index in [-0.39, 0.29) is 11.8 Å². The Labute approximate surface area is 97.0 Å². The fourth-order valence-electron chi connectivity index (χ4n) is 2.33. The van der Waals surface area contributed by atoms with Gasteiger partial charge in [-0.3, -0.25) is 9.59 Å². The van der Waals surface area contributed by atoms with Gasteiger partial charge < -0.3 is 4.90 Å². The van der Waals surface area contributed by atoms with Crippen LogP contribution < -0.4 is 0 Å². The van der Waals surface area contributed by atoms with E-state index >= 15 is 0 Å². The molecule has 3 nitrogen and oxygen atoms in total. The Bertz CT molecular complexity index is 326. The lowest BCUT2D eigenvalue weighted by Crippen LogP contribution is -2.49. The molecule has 0 N–H and O–H groups in total. The molecule has 0 radical (unpaired) electrons. The fourth-order valence-corrected chi connectivity index (χ4v) is 2.33.